The van der Waals surface area contributed by atoms with Gasteiger partial charge in [-0.05, 0) is 30.7 Å². The number of carbonyl (C=O) groups is 1. The molecule has 1 aromatic heterocycles. The molecule has 4 rings (SSSR count). The van der Waals surface area contributed by atoms with Gasteiger partial charge >= 0.3 is 0 Å². The summed E-state index contributed by atoms with van der Waals surface area (Å²) < 4.78 is 28.0. The average Bonchev–Trinajstić information content (AvgIpc) is 3.26. The Labute approximate surface area is 199 Å². The van der Waals surface area contributed by atoms with E-state index in [0.717, 1.165) is 22.4 Å². The molecule has 0 saturated carbocycles. The number of sulfonamides is 1. The maximum Gasteiger partial charge on any atom is 0.251 e. The van der Waals surface area contributed by atoms with Crippen molar-refractivity contribution in [3.05, 3.63) is 108 Å². The van der Waals surface area contributed by atoms with Crippen LogP contribution in [-0.4, -0.2) is 29.9 Å². The maximum absolute atomic E-state index is 12.8. The van der Waals surface area contributed by atoms with E-state index in [9.17, 15) is 13.2 Å². The van der Waals surface area contributed by atoms with E-state index in [4.69, 9.17) is 5.10 Å². The molecule has 4 aromatic rings. The van der Waals surface area contributed by atoms with Crippen LogP contribution in [0.15, 0.2) is 91.1 Å². The summed E-state index contributed by atoms with van der Waals surface area (Å²) in [7, 11) is -3.42. The number of aromatic nitrogens is 2. The number of nitrogens with zero attached hydrogens (tertiary/aromatic N) is 2. The molecule has 0 spiro atoms. The molecule has 7 nitrogen and oxygen atoms in total. The largest absolute Gasteiger partial charge is 0.348 e. The number of carbonyl (C=O) groups excluding carboxylic acids is 1. The third-order valence-corrected chi connectivity index (χ3v) is 6.60. The Bertz CT molecular complexity index is 1370. The molecule has 0 unspecified atom stereocenters. The first-order valence-electron chi connectivity index (χ1n) is 11.0. The van der Waals surface area contributed by atoms with Gasteiger partial charge in [-0.15, -0.1) is 0 Å². The first-order chi connectivity index (χ1) is 16.4. The molecule has 0 aliphatic heterocycles. The fourth-order valence-electron chi connectivity index (χ4n) is 3.54. The molecule has 2 N–H and O–H groups in total. The van der Waals surface area contributed by atoms with Crippen molar-refractivity contribution in [2.24, 2.45) is 0 Å². The molecular formula is C26H26N4O3S. The zero-order valence-electron chi connectivity index (χ0n) is 18.8. The minimum absolute atomic E-state index is 0.0430. The van der Waals surface area contributed by atoms with E-state index in [2.05, 4.69) is 10.0 Å². The predicted octanol–water partition coefficient (Wildman–Crippen LogP) is 4.29. The highest BCUT2D eigenvalue weighted by atomic mass is 32.2. The van der Waals surface area contributed by atoms with Crippen LogP contribution in [0.2, 0.25) is 0 Å². The van der Waals surface area contributed by atoms with Crippen molar-refractivity contribution in [2.75, 3.05) is 10.5 Å². The minimum Gasteiger partial charge on any atom is -0.348 e. The normalized spacial score (nSPS) is 11.2. The van der Waals surface area contributed by atoms with Crippen molar-refractivity contribution in [3.8, 4) is 11.3 Å². The molecule has 0 fully saturated rings. The number of amides is 1. The fraction of sp³-hybridized carbons (Fsp3) is 0.154. The molecule has 8 heteroatoms. The highest BCUT2D eigenvalue weighted by Crippen LogP contribution is 2.22. The Hall–Kier alpha value is -3.91. The average molecular weight is 475 g/mol. The monoisotopic (exact) mass is 474 g/mol. The van der Waals surface area contributed by atoms with E-state index in [-0.39, 0.29) is 18.2 Å². The molecular weight excluding hydrogens is 448 g/mol. The van der Waals surface area contributed by atoms with Crippen LogP contribution in [0.5, 0.6) is 0 Å². The van der Waals surface area contributed by atoms with Crippen molar-refractivity contribution in [1.29, 1.82) is 0 Å². The number of benzene rings is 3. The second kappa shape index (κ2) is 10.4. The van der Waals surface area contributed by atoms with E-state index < -0.39 is 10.0 Å². The van der Waals surface area contributed by atoms with Crippen molar-refractivity contribution in [2.45, 2.75) is 20.0 Å². The topological polar surface area (TPSA) is 93.1 Å². The SMILES string of the molecule is CCS(=O)(=O)Nc1cccc(C(=O)NCc2cn(Cc3ccccc3)nc2-c2ccccc2)c1. The van der Waals surface area contributed by atoms with Gasteiger partial charge in [0.1, 0.15) is 0 Å². The van der Waals surface area contributed by atoms with Crippen LogP contribution in [0.3, 0.4) is 0 Å². The highest BCUT2D eigenvalue weighted by molar-refractivity contribution is 7.92. The van der Waals surface area contributed by atoms with Crippen molar-refractivity contribution in [1.82, 2.24) is 15.1 Å². The highest BCUT2D eigenvalue weighted by Gasteiger charge is 2.14. The molecule has 1 amide bonds. The number of nitrogens with one attached hydrogen (secondary N) is 2. The smallest absolute Gasteiger partial charge is 0.251 e. The van der Waals surface area contributed by atoms with Gasteiger partial charge in [-0.3, -0.25) is 14.2 Å². The lowest BCUT2D eigenvalue weighted by atomic mass is 10.1. The Morgan fingerprint density at radius 2 is 1.65 bits per heavy atom. The van der Waals surface area contributed by atoms with Crippen molar-refractivity contribution in [3.63, 3.8) is 0 Å². The van der Waals surface area contributed by atoms with Crippen LogP contribution in [0.25, 0.3) is 11.3 Å². The summed E-state index contributed by atoms with van der Waals surface area (Å²) in [6.45, 7) is 2.46. The van der Waals surface area contributed by atoms with E-state index in [0.29, 0.717) is 17.8 Å². The molecule has 0 atom stereocenters. The second-order valence-electron chi connectivity index (χ2n) is 7.82. The van der Waals surface area contributed by atoms with Gasteiger partial charge in [0.25, 0.3) is 5.91 Å². The molecule has 0 bridgehead atoms. The minimum atomic E-state index is -3.42. The van der Waals surface area contributed by atoms with Crippen LogP contribution in [-0.2, 0) is 23.1 Å². The van der Waals surface area contributed by atoms with Gasteiger partial charge in [-0.2, -0.15) is 5.10 Å². The molecule has 3 aromatic carbocycles. The van der Waals surface area contributed by atoms with Gasteiger partial charge in [0.2, 0.25) is 10.0 Å². The molecule has 0 aliphatic rings. The molecule has 0 saturated heterocycles. The lowest BCUT2D eigenvalue weighted by Gasteiger charge is -2.09. The summed E-state index contributed by atoms with van der Waals surface area (Å²) in [5, 5.41) is 7.72. The van der Waals surface area contributed by atoms with E-state index >= 15 is 0 Å². The van der Waals surface area contributed by atoms with E-state index in [1.165, 1.54) is 6.07 Å². The van der Waals surface area contributed by atoms with Crippen LogP contribution in [0.4, 0.5) is 5.69 Å². The van der Waals surface area contributed by atoms with Crippen LogP contribution in [0, 0.1) is 0 Å². The second-order valence-corrected chi connectivity index (χ2v) is 9.83. The summed E-state index contributed by atoms with van der Waals surface area (Å²) >= 11 is 0. The van der Waals surface area contributed by atoms with Gasteiger partial charge in [-0.25, -0.2) is 8.42 Å². The Balaban J connectivity index is 1.53. The summed E-state index contributed by atoms with van der Waals surface area (Å²) in [6, 6.07) is 26.3. The van der Waals surface area contributed by atoms with Gasteiger partial charge in [0.15, 0.2) is 0 Å². The molecule has 34 heavy (non-hydrogen) atoms. The molecule has 174 valence electrons. The van der Waals surface area contributed by atoms with Gasteiger partial charge in [0.05, 0.1) is 18.0 Å². The maximum atomic E-state index is 12.8. The number of hydrogen-bond donors (Lipinski definition) is 2. The van der Waals surface area contributed by atoms with Gasteiger partial charge in [-0.1, -0.05) is 66.7 Å². The molecule has 0 radical (unpaired) electrons. The third kappa shape index (κ3) is 5.90. The summed E-state index contributed by atoms with van der Waals surface area (Å²) in [6.07, 6.45) is 1.95. The van der Waals surface area contributed by atoms with Crippen molar-refractivity contribution >= 4 is 21.6 Å². The quantitative estimate of drug-likeness (QED) is 0.378. The van der Waals surface area contributed by atoms with Crippen molar-refractivity contribution < 1.29 is 13.2 Å². The Morgan fingerprint density at radius 1 is 0.941 bits per heavy atom. The predicted molar refractivity (Wildman–Crippen MR) is 134 cm³/mol. The summed E-state index contributed by atoms with van der Waals surface area (Å²) in [5.41, 5.74) is 4.52. The third-order valence-electron chi connectivity index (χ3n) is 5.29. The number of rotatable bonds is 9. The zero-order chi connectivity index (χ0) is 24.0. The lowest BCUT2D eigenvalue weighted by Crippen LogP contribution is -2.23. The molecule has 0 aliphatic carbocycles. The van der Waals surface area contributed by atoms with Gasteiger partial charge < -0.3 is 5.32 Å². The van der Waals surface area contributed by atoms with Crippen LogP contribution >= 0.6 is 0 Å². The summed E-state index contributed by atoms with van der Waals surface area (Å²) in [4.78, 5) is 12.8. The van der Waals surface area contributed by atoms with Crippen LogP contribution in [0.1, 0.15) is 28.4 Å². The lowest BCUT2D eigenvalue weighted by molar-refractivity contribution is 0.0951. The van der Waals surface area contributed by atoms with Gasteiger partial charge in [0, 0.05) is 35.1 Å². The fourth-order valence-corrected chi connectivity index (χ4v) is 4.17. The first-order valence-corrected chi connectivity index (χ1v) is 12.6. The Morgan fingerprint density at radius 3 is 2.35 bits per heavy atom. The Kier molecular flexibility index (Phi) is 7.08. The van der Waals surface area contributed by atoms with E-state index in [1.807, 2.05) is 71.5 Å². The van der Waals surface area contributed by atoms with Crippen LogP contribution < -0.4 is 10.0 Å². The zero-order valence-corrected chi connectivity index (χ0v) is 19.6. The molecule has 1 heterocycles. The van der Waals surface area contributed by atoms with E-state index in [1.54, 1.807) is 25.1 Å². The standard InChI is InChI=1S/C26H26N4O3S/c1-2-34(32,33)29-24-15-9-14-22(16-24)26(31)27-17-23-19-30(18-20-10-5-3-6-11-20)28-25(23)21-12-7-4-8-13-21/h3-16,19,29H,2,17-18H2,1H3,(H,27,31). The number of hydrogen-bond acceptors (Lipinski definition) is 4. The first kappa shape index (κ1) is 23.3. The summed E-state index contributed by atoms with van der Waals surface area (Å²) in [5.74, 6) is -0.342. The number of anilines is 1.